The Bertz CT molecular complexity index is 640. The van der Waals surface area contributed by atoms with Crippen LogP contribution in [0.1, 0.15) is 27.0 Å². The van der Waals surface area contributed by atoms with Crippen molar-refractivity contribution < 1.29 is 9.90 Å². The molecule has 0 saturated heterocycles. The molecule has 0 spiro atoms. The first kappa shape index (κ1) is 12.8. The molecule has 2 aromatic rings. The topological polar surface area (TPSA) is 53.4 Å². The molecule has 1 aliphatic heterocycles. The van der Waals surface area contributed by atoms with Gasteiger partial charge in [0.15, 0.2) is 0 Å². The van der Waals surface area contributed by atoms with Crippen LogP contribution in [-0.4, -0.2) is 27.5 Å². The summed E-state index contributed by atoms with van der Waals surface area (Å²) < 4.78 is 0. The zero-order chi connectivity index (χ0) is 13.9. The van der Waals surface area contributed by atoms with Gasteiger partial charge in [-0.1, -0.05) is 24.3 Å². The van der Waals surface area contributed by atoms with Gasteiger partial charge >= 0.3 is 5.97 Å². The van der Waals surface area contributed by atoms with Crippen molar-refractivity contribution in [3.8, 4) is 0 Å². The molecular weight excluding hydrogens is 252 g/mol. The number of aromatic nitrogens is 1. The second-order valence-corrected chi connectivity index (χ2v) is 5.12. The van der Waals surface area contributed by atoms with Gasteiger partial charge in [0.25, 0.3) is 0 Å². The fourth-order valence-electron chi connectivity index (χ4n) is 2.64. The van der Waals surface area contributed by atoms with Crippen LogP contribution in [-0.2, 0) is 19.5 Å². The van der Waals surface area contributed by atoms with Crippen molar-refractivity contribution in [1.29, 1.82) is 0 Å². The summed E-state index contributed by atoms with van der Waals surface area (Å²) >= 11 is 0. The predicted molar refractivity (Wildman–Crippen MR) is 75.5 cm³/mol. The lowest BCUT2D eigenvalue weighted by Crippen LogP contribution is -2.30. The molecule has 1 aromatic carbocycles. The molecule has 0 fully saturated rings. The van der Waals surface area contributed by atoms with Crippen LogP contribution in [0.15, 0.2) is 42.7 Å². The van der Waals surface area contributed by atoms with Gasteiger partial charge in [0.1, 0.15) is 0 Å². The Balaban J connectivity index is 1.73. The first-order valence-corrected chi connectivity index (χ1v) is 6.69. The lowest BCUT2D eigenvalue weighted by atomic mass is 9.99. The van der Waals surface area contributed by atoms with Gasteiger partial charge in [0, 0.05) is 32.0 Å². The Morgan fingerprint density at radius 1 is 1.25 bits per heavy atom. The first-order chi connectivity index (χ1) is 9.72. The van der Waals surface area contributed by atoms with Crippen LogP contribution >= 0.6 is 0 Å². The molecule has 0 unspecified atom stereocenters. The zero-order valence-corrected chi connectivity index (χ0v) is 11.1. The smallest absolute Gasteiger partial charge is 0.337 e. The molecule has 1 N–H and O–H groups in total. The zero-order valence-electron chi connectivity index (χ0n) is 11.1. The second-order valence-electron chi connectivity index (χ2n) is 5.12. The molecule has 1 aliphatic rings. The van der Waals surface area contributed by atoms with Crippen molar-refractivity contribution in [3.63, 3.8) is 0 Å². The normalized spacial score (nSPS) is 14.8. The molecule has 2 heterocycles. The highest BCUT2D eigenvalue weighted by atomic mass is 16.4. The molecule has 1 aromatic heterocycles. The Morgan fingerprint density at radius 2 is 2.05 bits per heavy atom. The molecular formula is C16H16N2O2. The van der Waals surface area contributed by atoms with Crippen molar-refractivity contribution in [2.75, 3.05) is 6.54 Å². The molecule has 4 nitrogen and oxygen atoms in total. The Kier molecular flexibility index (Phi) is 3.48. The van der Waals surface area contributed by atoms with Gasteiger partial charge in [-0.25, -0.2) is 4.79 Å². The van der Waals surface area contributed by atoms with Crippen LogP contribution in [0.5, 0.6) is 0 Å². The average molecular weight is 268 g/mol. The molecule has 0 amide bonds. The summed E-state index contributed by atoms with van der Waals surface area (Å²) in [7, 11) is 0. The van der Waals surface area contributed by atoms with Gasteiger partial charge in [0.2, 0.25) is 0 Å². The Morgan fingerprint density at radius 3 is 2.85 bits per heavy atom. The number of carboxylic acids is 1. The van der Waals surface area contributed by atoms with Crippen LogP contribution in [0.2, 0.25) is 0 Å². The molecule has 0 bridgehead atoms. The molecule has 102 valence electrons. The summed E-state index contributed by atoms with van der Waals surface area (Å²) in [5.41, 5.74) is 3.98. The van der Waals surface area contributed by atoms with E-state index in [2.05, 4.69) is 34.1 Å². The lowest BCUT2D eigenvalue weighted by molar-refractivity contribution is 0.0696. The number of pyridine rings is 1. The number of rotatable bonds is 3. The van der Waals surface area contributed by atoms with Crippen LogP contribution in [0.3, 0.4) is 0 Å². The van der Waals surface area contributed by atoms with Crippen molar-refractivity contribution in [3.05, 3.63) is 65.0 Å². The first-order valence-electron chi connectivity index (χ1n) is 6.69. The van der Waals surface area contributed by atoms with Gasteiger partial charge in [-0.2, -0.15) is 0 Å². The summed E-state index contributed by atoms with van der Waals surface area (Å²) in [4.78, 5) is 17.3. The summed E-state index contributed by atoms with van der Waals surface area (Å²) in [5.74, 6) is -0.927. The van der Waals surface area contributed by atoms with Crippen LogP contribution in [0.4, 0.5) is 0 Å². The van der Waals surface area contributed by atoms with E-state index in [0.717, 1.165) is 31.6 Å². The minimum atomic E-state index is -0.927. The van der Waals surface area contributed by atoms with E-state index in [0.29, 0.717) is 0 Å². The summed E-state index contributed by atoms with van der Waals surface area (Å²) in [5, 5.41) is 8.99. The Labute approximate surface area is 117 Å². The molecule has 0 radical (unpaired) electrons. The van der Waals surface area contributed by atoms with E-state index in [1.165, 1.54) is 17.3 Å². The molecule has 0 atom stereocenters. The van der Waals surface area contributed by atoms with Gasteiger partial charge < -0.3 is 5.11 Å². The van der Waals surface area contributed by atoms with E-state index in [4.69, 9.17) is 5.11 Å². The van der Waals surface area contributed by atoms with E-state index in [9.17, 15) is 4.79 Å². The maximum atomic E-state index is 11.0. The number of carboxylic acid groups (broad SMARTS) is 1. The van der Waals surface area contributed by atoms with Gasteiger partial charge in [-0.05, 0) is 29.2 Å². The maximum Gasteiger partial charge on any atom is 0.337 e. The van der Waals surface area contributed by atoms with Crippen molar-refractivity contribution in [2.45, 2.75) is 19.5 Å². The van der Waals surface area contributed by atoms with Crippen molar-refractivity contribution >= 4 is 5.97 Å². The molecule has 0 aliphatic carbocycles. The van der Waals surface area contributed by atoms with Gasteiger partial charge in [-0.15, -0.1) is 0 Å². The fourth-order valence-corrected chi connectivity index (χ4v) is 2.64. The van der Waals surface area contributed by atoms with Gasteiger partial charge in [-0.3, -0.25) is 9.88 Å². The summed E-state index contributed by atoms with van der Waals surface area (Å²) in [6.45, 7) is 2.64. The van der Waals surface area contributed by atoms with E-state index >= 15 is 0 Å². The second kappa shape index (κ2) is 5.43. The highest BCUT2D eigenvalue weighted by Crippen LogP contribution is 2.20. The third-order valence-electron chi connectivity index (χ3n) is 3.66. The monoisotopic (exact) mass is 268 g/mol. The van der Waals surface area contributed by atoms with Crippen molar-refractivity contribution in [2.24, 2.45) is 0 Å². The van der Waals surface area contributed by atoms with Crippen LogP contribution in [0, 0.1) is 0 Å². The van der Waals surface area contributed by atoms with E-state index < -0.39 is 5.97 Å². The number of aromatic carboxylic acids is 1. The number of hydrogen-bond donors (Lipinski definition) is 1. The highest BCUT2D eigenvalue weighted by molar-refractivity contribution is 5.87. The van der Waals surface area contributed by atoms with Crippen molar-refractivity contribution in [1.82, 2.24) is 9.88 Å². The maximum absolute atomic E-state index is 11.0. The fraction of sp³-hybridized carbons (Fsp3) is 0.250. The quantitative estimate of drug-likeness (QED) is 0.928. The van der Waals surface area contributed by atoms with Gasteiger partial charge in [0.05, 0.1) is 5.56 Å². The lowest BCUT2D eigenvalue weighted by Gasteiger charge is -2.28. The minimum absolute atomic E-state index is 0.250. The molecule has 4 heteroatoms. The number of carbonyl (C=O) groups is 1. The summed E-state index contributed by atoms with van der Waals surface area (Å²) in [6, 6.07) is 10.2. The van der Waals surface area contributed by atoms with E-state index in [1.54, 1.807) is 12.3 Å². The molecule has 3 rings (SSSR count). The standard InChI is InChI=1S/C16H16N2O2/c19-16(20)15-7-12(8-17-9-15)10-18-6-5-13-3-1-2-4-14(13)11-18/h1-4,7-9H,5-6,10-11H2,(H,19,20). The largest absolute Gasteiger partial charge is 0.478 e. The predicted octanol–water partition coefficient (Wildman–Crippen LogP) is 2.34. The number of fused-ring (bicyclic) bond motifs is 1. The number of benzene rings is 1. The van der Waals surface area contributed by atoms with E-state index in [-0.39, 0.29) is 5.56 Å². The van der Waals surface area contributed by atoms with Crippen LogP contribution < -0.4 is 0 Å². The minimum Gasteiger partial charge on any atom is -0.478 e. The van der Waals surface area contributed by atoms with Crippen LogP contribution in [0.25, 0.3) is 0 Å². The Hall–Kier alpha value is -2.20. The molecule has 20 heavy (non-hydrogen) atoms. The van der Waals surface area contributed by atoms with E-state index in [1.807, 2.05) is 0 Å². The average Bonchev–Trinajstić information content (AvgIpc) is 2.47. The third-order valence-corrected chi connectivity index (χ3v) is 3.66. The number of nitrogens with zero attached hydrogens (tertiary/aromatic N) is 2. The summed E-state index contributed by atoms with van der Waals surface area (Å²) in [6.07, 6.45) is 4.17. The SMILES string of the molecule is O=C(O)c1cncc(CN2CCc3ccccc3C2)c1. The highest BCUT2D eigenvalue weighted by Gasteiger charge is 2.16. The number of hydrogen-bond acceptors (Lipinski definition) is 3. The molecule has 0 saturated carbocycles. The third kappa shape index (κ3) is 2.70.